The number of hydrogen-bond donors (Lipinski definition) is 1. The number of cyclic esters (lactones) is 1. The largest absolute Gasteiger partial charge is 0.529 e. The van der Waals surface area contributed by atoms with Crippen molar-refractivity contribution in [3.63, 3.8) is 0 Å². The van der Waals surface area contributed by atoms with Gasteiger partial charge in [-0.15, -0.1) is 5.48 Å². The molecule has 1 aliphatic rings. The van der Waals surface area contributed by atoms with E-state index in [2.05, 4.69) is 15.1 Å². The Morgan fingerprint density at radius 2 is 2.57 bits per heavy atom. The fourth-order valence-corrected chi connectivity index (χ4v) is 0.324. The van der Waals surface area contributed by atoms with Crippen LogP contribution >= 0.6 is 0 Å². The van der Waals surface area contributed by atoms with Crippen molar-refractivity contribution in [2.45, 2.75) is 13.2 Å². The summed E-state index contributed by atoms with van der Waals surface area (Å²) in [7, 11) is 0. The molecule has 1 rings (SSSR count). The lowest BCUT2D eigenvalue weighted by Gasteiger charge is -1.90. The third-order valence-electron chi connectivity index (χ3n) is 0.581. The van der Waals surface area contributed by atoms with Crippen LogP contribution in [0.25, 0.3) is 0 Å². The van der Waals surface area contributed by atoms with E-state index in [4.69, 9.17) is 0 Å². The molecule has 1 aliphatic heterocycles. The predicted octanol–water partition coefficient (Wildman–Crippen LogP) is 0.00380. The van der Waals surface area contributed by atoms with Gasteiger partial charge in [0.15, 0.2) is 6.23 Å². The molecule has 0 aromatic carbocycles. The molecule has 1 heterocycles. The van der Waals surface area contributed by atoms with Gasteiger partial charge in [0.05, 0.1) is 0 Å². The minimum absolute atomic E-state index is 0.299. The van der Waals surface area contributed by atoms with Crippen LogP contribution in [0.2, 0.25) is 0 Å². The molecule has 1 unspecified atom stereocenters. The molecule has 0 aromatic rings. The van der Waals surface area contributed by atoms with E-state index in [-0.39, 0.29) is 6.23 Å². The Balaban J connectivity index is 2.40. The molecule has 0 amide bonds. The van der Waals surface area contributed by atoms with Crippen LogP contribution in [0.4, 0.5) is 4.79 Å². The molecule has 0 aromatic heterocycles. The normalized spacial score (nSPS) is 29.3. The molecule has 0 radical (unpaired) electrons. The molecule has 7 heavy (non-hydrogen) atoms. The molecule has 1 saturated heterocycles. The topological polar surface area (TPSA) is 47.6 Å². The molecule has 1 fully saturated rings. The van der Waals surface area contributed by atoms with Crippen molar-refractivity contribution in [1.82, 2.24) is 5.48 Å². The van der Waals surface area contributed by atoms with Crippen LogP contribution in [-0.2, 0) is 9.57 Å². The average Bonchev–Trinajstić information content (AvgIpc) is 1.87. The minimum Gasteiger partial charge on any atom is -0.411 e. The van der Waals surface area contributed by atoms with Gasteiger partial charge < -0.3 is 9.57 Å². The van der Waals surface area contributed by atoms with E-state index in [1.807, 2.05) is 0 Å². The summed E-state index contributed by atoms with van der Waals surface area (Å²) < 4.78 is 4.39. The fourth-order valence-electron chi connectivity index (χ4n) is 0.324. The number of carbonyl (C=O) groups is 1. The summed E-state index contributed by atoms with van der Waals surface area (Å²) in [5.41, 5.74) is 2.30. The predicted molar refractivity (Wildman–Crippen MR) is 20.2 cm³/mol. The summed E-state index contributed by atoms with van der Waals surface area (Å²) in [5.74, 6) is 0. The lowest BCUT2D eigenvalue weighted by Crippen LogP contribution is -2.15. The van der Waals surface area contributed by atoms with E-state index < -0.39 is 6.16 Å². The van der Waals surface area contributed by atoms with Crippen molar-refractivity contribution in [2.75, 3.05) is 0 Å². The summed E-state index contributed by atoms with van der Waals surface area (Å²) in [6, 6.07) is 0. The zero-order chi connectivity index (χ0) is 5.28. The first-order chi connectivity index (χ1) is 3.29. The smallest absolute Gasteiger partial charge is 0.411 e. The van der Waals surface area contributed by atoms with Crippen LogP contribution < -0.4 is 5.48 Å². The van der Waals surface area contributed by atoms with Crippen molar-refractivity contribution < 1.29 is 14.4 Å². The highest BCUT2D eigenvalue weighted by atomic mass is 16.9. The van der Waals surface area contributed by atoms with E-state index in [1.165, 1.54) is 0 Å². The molecule has 40 valence electrons. The van der Waals surface area contributed by atoms with Gasteiger partial charge in [0.25, 0.3) is 0 Å². The SMILES string of the molecule is CC1NOC(=O)O1. The lowest BCUT2D eigenvalue weighted by molar-refractivity contribution is 0.114. The van der Waals surface area contributed by atoms with Crippen LogP contribution in [-0.4, -0.2) is 12.4 Å². The zero-order valence-corrected chi connectivity index (χ0v) is 3.80. The quantitative estimate of drug-likeness (QED) is 0.438. The summed E-state index contributed by atoms with van der Waals surface area (Å²) in [5, 5.41) is 0. The van der Waals surface area contributed by atoms with Gasteiger partial charge in [-0.2, -0.15) is 0 Å². The molecule has 1 N–H and O–H groups in total. The molecule has 4 nitrogen and oxygen atoms in total. The van der Waals surface area contributed by atoms with Gasteiger partial charge in [-0.1, -0.05) is 0 Å². The van der Waals surface area contributed by atoms with Gasteiger partial charge in [-0.05, 0) is 6.92 Å². The first-order valence-electron chi connectivity index (χ1n) is 1.92. The molecular weight excluding hydrogens is 98.0 g/mol. The maximum absolute atomic E-state index is 9.95. The lowest BCUT2D eigenvalue weighted by atomic mass is 10.7. The van der Waals surface area contributed by atoms with E-state index in [0.29, 0.717) is 0 Å². The van der Waals surface area contributed by atoms with Gasteiger partial charge in [0.2, 0.25) is 0 Å². The number of rotatable bonds is 0. The van der Waals surface area contributed by atoms with Crippen molar-refractivity contribution in [1.29, 1.82) is 0 Å². The summed E-state index contributed by atoms with van der Waals surface area (Å²) in [4.78, 5) is 14.1. The molecule has 0 aliphatic carbocycles. The average molecular weight is 103 g/mol. The Morgan fingerprint density at radius 1 is 1.86 bits per heavy atom. The Morgan fingerprint density at radius 3 is 2.71 bits per heavy atom. The third-order valence-corrected chi connectivity index (χ3v) is 0.581. The van der Waals surface area contributed by atoms with E-state index in [9.17, 15) is 4.79 Å². The number of hydrogen-bond acceptors (Lipinski definition) is 4. The van der Waals surface area contributed by atoms with Gasteiger partial charge in [-0.25, -0.2) is 4.79 Å². The van der Waals surface area contributed by atoms with Crippen LogP contribution in [0.3, 0.4) is 0 Å². The van der Waals surface area contributed by atoms with Crippen molar-refractivity contribution in [3.8, 4) is 0 Å². The first kappa shape index (κ1) is 4.39. The minimum atomic E-state index is -0.660. The molecule has 0 spiro atoms. The number of ether oxygens (including phenoxy) is 1. The Kier molecular flexibility index (Phi) is 0.867. The number of carbonyl (C=O) groups excluding carboxylic acids is 1. The molecule has 4 heteroatoms. The molecular formula is C3H5NO3. The van der Waals surface area contributed by atoms with E-state index >= 15 is 0 Å². The molecule has 0 bridgehead atoms. The van der Waals surface area contributed by atoms with Gasteiger partial charge >= 0.3 is 6.16 Å². The zero-order valence-electron chi connectivity index (χ0n) is 3.80. The van der Waals surface area contributed by atoms with Crippen LogP contribution in [0, 0.1) is 0 Å². The van der Waals surface area contributed by atoms with Crippen molar-refractivity contribution >= 4 is 6.16 Å². The Hall–Kier alpha value is -0.770. The second-order valence-corrected chi connectivity index (χ2v) is 1.23. The maximum atomic E-state index is 9.95. The number of hydroxylamine groups is 1. The second kappa shape index (κ2) is 1.38. The standard InChI is InChI=1S/C3H5NO3/c1-2-4-7-3(5)6-2/h2,4H,1H3. The highest BCUT2D eigenvalue weighted by Gasteiger charge is 2.18. The van der Waals surface area contributed by atoms with Crippen LogP contribution in [0.1, 0.15) is 6.92 Å². The van der Waals surface area contributed by atoms with E-state index in [0.717, 1.165) is 0 Å². The summed E-state index contributed by atoms with van der Waals surface area (Å²) >= 11 is 0. The molecule has 0 saturated carbocycles. The monoisotopic (exact) mass is 103 g/mol. The van der Waals surface area contributed by atoms with Crippen LogP contribution in [0.15, 0.2) is 0 Å². The summed E-state index contributed by atoms with van der Waals surface area (Å²) in [6.07, 6.45) is -0.958. The van der Waals surface area contributed by atoms with Crippen molar-refractivity contribution in [3.05, 3.63) is 0 Å². The highest BCUT2D eigenvalue weighted by molar-refractivity contribution is 5.60. The van der Waals surface area contributed by atoms with Gasteiger partial charge in [-0.3, -0.25) is 0 Å². The highest BCUT2D eigenvalue weighted by Crippen LogP contribution is 1.96. The third kappa shape index (κ3) is 0.806. The van der Waals surface area contributed by atoms with Crippen LogP contribution in [0.5, 0.6) is 0 Å². The molecule has 1 atom stereocenters. The number of nitrogens with one attached hydrogen (secondary N) is 1. The van der Waals surface area contributed by atoms with Gasteiger partial charge in [0, 0.05) is 0 Å². The van der Waals surface area contributed by atoms with Crippen molar-refractivity contribution in [2.24, 2.45) is 0 Å². The Bertz CT molecular complexity index is 92.2. The maximum Gasteiger partial charge on any atom is 0.529 e. The summed E-state index contributed by atoms with van der Waals surface area (Å²) in [6.45, 7) is 1.67. The van der Waals surface area contributed by atoms with Gasteiger partial charge in [0.1, 0.15) is 0 Å². The van der Waals surface area contributed by atoms with E-state index in [1.54, 1.807) is 6.92 Å². The fraction of sp³-hybridized carbons (Fsp3) is 0.667. The second-order valence-electron chi connectivity index (χ2n) is 1.23. The Labute approximate surface area is 40.4 Å². The first-order valence-corrected chi connectivity index (χ1v) is 1.92.